The molecule has 0 radical (unpaired) electrons. The van der Waals surface area contributed by atoms with Crippen LogP contribution in [0.5, 0.6) is 0 Å². The van der Waals surface area contributed by atoms with E-state index in [9.17, 15) is 14.4 Å². The molecule has 0 aliphatic carbocycles. The maximum absolute atomic E-state index is 12.2. The number of aryl methyl sites for hydroxylation is 2. The molecule has 0 saturated carbocycles. The van der Waals surface area contributed by atoms with E-state index in [-0.39, 0.29) is 25.0 Å². The fourth-order valence-corrected chi connectivity index (χ4v) is 3.13. The lowest BCUT2D eigenvalue weighted by Crippen LogP contribution is -2.30. The van der Waals surface area contributed by atoms with Crippen molar-refractivity contribution in [2.24, 2.45) is 0 Å². The van der Waals surface area contributed by atoms with E-state index in [0.29, 0.717) is 18.5 Å². The zero-order chi connectivity index (χ0) is 20.1. The first-order chi connectivity index (χ1) is 13.4. The van der Waals surface area contributed by atoms with Crippen LogP contribution in [0, 0.1) is 13.8 Å². The van der Waals surface area contributed by atoms with E-state index in [1.807, 2.05) is 32.0 Å². The minimum absolute atomic E-state index is 0.101. The van der Waals surface area contributed by atoms with Crippen LogP contribution in [-0.4, -0.2) is 30.9 Å². The number of nitrogens with one attached hydrogen (secondary N) is 1. The summed E-state index contributed by atoms with van der Waals surface area (Å²) < 4.78 is 5.25. The fraction of sp³-hybridized carbons (Fsp3) is 0.318. The van der Waals surface area contributed by atoms with Crippen LogP contribution >= 0.6 is 0 Å². The van der Waals surface area contributed by atoms with Crippen LogP contribution in [-0.2, 0) is 20.9 Å². The van der Waals surface area contributed by atoms with Gasteiger partial charge >= 0.3 is 5.97 Å². The van der Waals surface area contributed by atoms with Crippen LogP contribution in [0.2, 0.25) is 0 Å². The van der Waals surface area contributed by atoms with Crippen LogP contribution in [0.25, 0.3) is 0 Å². The number of anilines is 1. The van der Waals surface area contributed by atoms with Gasteiger partial charge in [-0.05, 0) is 55.7 Å². The van der Waals surface area contributed by atoms with Crippen molar-refractivity contribution in [3.8, 4) is 0 Å². The van der Waals surface area contributed by atoms with E-state index in [0.717, 1.165) is 28.8 Å². The molecule has 2 aromatic rings. The highest BCUT2D eigenvalue weighted by Crippen LogP contribution is 2.21. The fourth-order valence-electron chi connectivity index (χ4n) is 3.13. The van der Waals surface area contributed by atoms with Crippen molar-refractivity contribution < 1.29 is 19.1 Å². The summed E-state index contributed by atoms with van der Waals surface area (Å²) in [5.41, 5.74) is 4.32. The highest BCUT2D eigenvalue weighted by atomic mass is 16.5. The van der Waals surface area contributed by atoms with Crippen molar-refractivity contribution in [3.63, 3.8) is 0 Å². The number of hydrogen-bond donors (Lipinski definition) is 1. The van der Waals surface area contributed by atoms with Gasteiger partial charge < -0.3 is 15.0 Å². The average molecular weight is 380 g/mol. The van der Waals surface area contributed by atoms with Crippen LogP contribution in [0.1, 0.15) is 39.9 Å². The lowest BCUT2D eigenvalue weighted by Gasteiger charge is -2.15. The van der Waals surface area contributed by atoms with Gasteiger partial charge in [0.2, 0.25) is 5.91 Å². The monoisotopic (exact) mass is 380 g/mol. The van der Waals surface area contributed by atoms with E-state index in [4.69, 9.17) is 4.74 Å². The molecule has 2 aromatic carbocycles. The minimum atomic E-state index is -0.492. The molecule has 1 heterocycles. The zero-order valence-corrected chi connectivity index (χ0v) is 16.2. The number of carbonyl (C=O) groups is 3. The third kappa shape index (κ3) is 4.76. The molecule has 6 heteroatoms. The Hall–Kier alpha value is -3.15. The van der Waals surface area contributed by atoms with Gasteiger partial charge in [0.1, 0.15) is 13.2 Å². The van der Waals surface area contributed by atoms with Gasteiger partial charge in [-0.1, -0.05) is 23.8 Å². The summed E-state index contributed by atoms with van der Waals surface area (Å²) in [5.74, 6) is -0.750. The van der Waals surface area contributed by atoms with Crippen molar-refractivity contribution in [1.29, 1.82) is 0 Å². The molecule has 2 amide bonds. The molecule has 0 bridgehead atoms. The smallest absolute Gasteiger partial charge is 0.325 e. The van der Waals surface area contributed by atoms with E-state index >= 15 is 0 Å². The van der Waals surface area contributed by atoms with Gasteiger partial charge in [0, 0.05) is 24.2 Å². The minimum Gasteiger partial charge on any atom is -0.459 e. The number of nitrogens with zero attached hydrogens (tertiary/aromatic N) is 1. The van der Waals surface area contributed by atoms with Gasteiger partial charge in [-0.25, -0.2) is 0 Å². The molecule has 146 valence electrons. The number of rotatable bonds is 6. The molecule has 0 aromatic heterocycles. The van der Waals surface area contributed by atoms with Gasteiger partial charge in [-0.15, -0.1) is 0 Å². The maximum Gasteiger partial charge on any atom is 0.325 e. The normalized spacial score (nSPS) is 13.5. The molecule has 1 aliphatic heterocycles. The molecule has 3 rings (SSSR count). The third-order valence-corrected chi connectivity index (χ3v) is 4.80. The maximum atomic E-state index is 12.2. The second kappa shape index (κ2) is 8.69. The predicted octanol–water partition coefficient (Wildman–Crippen LogP) is 2.90. The summed E-state index contributed by atoms with van der Waals surface area (Å²) in [7, 11) is 0. The molecule has 1 aliphatic rings. The zero-order valence-electron chi connectivity index (χ0n) is 16.2. The van der Waals surface area contributed by atoms with Crippen molar-refractivity contribution >= 4 is 23.5 Å². The predicted molar refractivity (Wildman–Crippen MR) is 106 cm³/mol. The number of ether oxygens (including phenoxy) is 1. The Morgan fingerprint density at radius 1 is 1.11 bits per heavy atom. The van der Waals surface area contributed by atoms with E-state index < -0.39 is 5.97 Å². The standard InChI is InChI=1S/C22H24N2O4/c1-15-5-6-16(2)18(12-15)14-28-21(26)13-23-22(27)17-7-9-19(10-8-17)24-11-3-4-20(24)25/h5-10,12H,3-4,11,13-14H2,1-2H3,(H,23,27). The second-order valence-electron chi connectivity index (χ2n) is 6.97. The van der Waals surface area contributed by atoms with Crippen molar-refractivity contribution in [3.05, 3.63) is 64.7 Å². The summed E-state index contributed by atoms with van der Waals surface area (Å²) in [6.45, 7) is 4.63. The van der Waals surface area contributed by atoms with Crippen LogP contribution in [0.15, 0.2) is 42.5 Å². The lowest BCUT2D eigenvalue weighted by molar-refractivity contribution is -0.143. The molecule has 6 nitrogen and oxygen atoms in total. The Kier molecular flexibility index (Phi) is 6.09. The molecule has 1 N–H and O–H groups in total. The molecule has 0 unspecified atom stereocenters. The van der Waals surface area contributed by atoms with E-state index in [1.165, 1.54) is 0 Å². The summed E-state index contributed by atoms with van der Waals surface area (Å²) in [5, 5.41) is 2.56. The summed E-state index contributed by atoms with van der Waals surface area (Å²) >= 11 is 0. The van der Waals surface area contributed by atoms with Crippen LogP contribution < -0.4 is 10.2 Å². The SMILES string of the molecule is Cc1ccc(C)c(COC(=O)CNC(=O)c2ccc(N3CCCC3=O)cc2)c1. The molecule has 1 saturated heterocycles. The Bertz CT molecular complexity index is 890. The first-order valence-electron chi connectivity index (χ1n) is 9.34. The topological polar surface area (TPSA) is 75.7 Å². The van der Waals surface area contributed by atoms with Crippen LogP contribution in [0.4, 0.5) is 5.69 Å². The summed E-state index contributed by atoms with van der Waals surface area (Å²) in [4.78, 5) is 37.6. The Balaban J connectivity index is 1.48. The van der Waals surface area contributed by atoms with Crippen molar-refractivity contribution in [2.75, 3.05) is 18.0 Å². The highest BCUT2D eigenvalue weighted by molar-refractivity contribution is 5.98. The molecular formula is C22H24N2O4. The molecular weight excluding hydrogens is 356 g/mol. The quantitative estimate of drug-likeness (QED) is 0.782. The van der Waals surface area contributed by atoms with Gasteiger partial charge in [-0.3, -0.25) is 14.4 Å². The van der Waals surface area contributed by atoms with Crippen molar-refractivity contribution in [1.82, 2.24) is 5.32 Å². The van der Waals surface area contributed by atoms with Crippen LogP contribution in [0.3, 0.4) is 0 Å². The lowest BCUT2D eigenvalue weighted by atomic mass is 10.1. The van der Waals surface area contributed by atoms with Gasteiger partial charge in [0.05, 0.1) is 0 Å². The molecule has 0 atom stereocenters. The third-order valence-electron chi connectivity index (χ3n) is 4.80. The summed E-state index contributed by atoms with van der Waals surface area (Å²) in [6, 6.07) is 12.8. The molecule has 28 heavy (non-hydrogen) atoms. The van der Waals surface area contributed by atoms with E-state index in [2.05, 4.69) is 5.32 Å². The molecule has 0 spiro atoms. The average Bonchev–Trinajstić information content (AvgIpc) is 3.12. The second-order valence-corrected chi connectivity index (χ2v) is 6.97. The Morgan fingerprint density at radius 3 is 2.54 bits per heavy atom. The van der Waals surface area contributed by atoms with E-state index in [1.54, 1.807) is 29.2 Å². The Labute approximate surface area is 164 Å². The first-order valence-corrected chi connectivity index (χ1v) is 9.34. The number of benzene rings is 2. The van der Waals surface area contributed by atoms with Gasteiger partial charge in [0.15, 0.2) is 0 Å². The van der Waals surface area contributed by atoms with Gasteiger partial charge in [0.25, 0.3) is 5.91 Å². The number of amides is 2. The highest BCUT2D eigenvalue weighted by Gasteiger charge is 2.21. The number of esters is 1. The summed E-state index contributed by atoms with van der Waals surface area (Å²) in [6.07, 6.45) is 1.41. The first kappa shape index (κ1) is 19.6. The number of hydrogen-bond acceptors (Lipinski definition) is 4. The molecule has 1 fully saturated rings. The largest absolute Gasteiger partial charge is 0.459 e. The van der Waals surface area contributed by atoms with Gasteiger partial charge in [-0.2, -0.15) is 0 Å². The number of carbonyl (C=O) groups excluding carboxylic acids is 3. The Morgan fingerprint density at radius 2 is 1.86 bits per heavy atom. The van der Waals surface area contributed by atoms with Crippen molar-refractivity contribution in [2.45, 2.75) is 33.3 Å².